The van der Waals surface area contributed by atoms with E-state index in [1.807, 2.05) is 32.9 Å². The SMILES string of the molecule is CCCC(=O)N=C1C=CC2C(=C1)NC(=O)C(CC)=C2C. The fourth-order valence-corrected chi connectivity index (χ4v) is 2.58. The zero-order chi connectivity index (χ0) is 14.7. The standard InChI is InChI=1S/C16H20N2O2/c1-4-6-15(19)17-11-7-8-13-10(3)12(5-2)16(20)18-14(13)9-11/h7-9,13H,4-6H2,1-3H3,(H,18,20). The van der Waals surface area contributed by atoms with Crippen LogP contribution in [0, 0.1) is 5.92 Å². The molecule has 0 saturated heterocycles. The summed E-state index contributed by atoms with van der Waals surface area (Å²) in [6.45, 7) is 5.92. The van der Waals surface area contributed by atoms with E-state index in [4.69, 9.17) is 0 Å². The van der Waals surface area contributed by atoms with Crippen LogP contribution in [0.15, 0.2) is 40.1 Å². The van der Waals surface area contributed by atoms with Crippen LogP contribution >= 0.6 is 0 Å². The smallest absolute Gasteiger partial charge is 0.251 e. The summed E-state index contributed by atoms with van der Waals surface area (Å²) in [5, 5.41) is 2.91. The fourth-order valence-electron chi connectivity index (χ4n) is 2.58. The van der Waals surface area contributed by atoms with E-state index in [1.165, 1.54) is 0 Å². The quantitative estimate of drug-likeness (QED) is 0.858. The van der Waals surface area contributed by atoms with Crippen molar-refractivity contribution in [1.29, 1.82) is 0 Å². The Morgan fingerprint density at radius 2 is 2.15 bits per heavy atom. The molecule has 1 atom stereocenters. The van der Waals surface area contributed by atoms with Crippen molar-refractivity contribution in [2.24, 2.45) is 10.9 Å². The molecule has 1 aliphatic carbocycles. The molecule has 0 bridgehead atoms. The van der Waals surface area contributed by atoms with Crippen molar-refractivity contribution < 1.29 is 9.59 Å². The van der Waals surface area contributed by atoms with Gasteiger partial charge in [0, 0.05) is 23.6 Å². The minimum Gasteiger partial charge on any atom is -0.325 e. The predicted molar refractivity (Wildman–Crippen MR) is 79.2 cm³/mol. The average Bonchev–Trinajstić information content (AvgIpc) is 2.39. The maximum absolute atomic E-state index is 12.0. The lowest BCUT2D eigenvalue weighted by atomic mass is 9.84. The molecule has 1 N–H and O–H groups in total. The van der Waals surface area contributed by atoms with E-state index < -0.39 is 0 Å². The van der Waals surface area contributed by atoms with Crippen LogP contribution in [0.1, 0.15) is 40.0 Å². The third-order valence-electron chi connectivity index (χ3n) is 3.64. The Morgan fingerprint density at radius 1 is 1.40 bits per heavy atom. The van der Waals surface area contributed by atoms with E-state index in [0.29, 0.717) is 12.1 Å². The van der Waals surface area contributed by atoms with Gasteiger partial charge in [0.15, 0.2) is 0 Å². The van der Waals surface area contributed by atoms with Crippen LogP contribution in [0.2, 0.25) is 0 Å². The van der Waals surface area contributed by atoms with Crippen molar-refractivity contribution in [1.82, 2.24) is 5.32 Å². The van der Waals surface area contributed by atoms with Gasteiger partial charge in [0.1, 0.15) is 0 Å². The summed E-state index contributed by atoms with van der Waals surface area (Å²) >= 11 is 0. The summed E-state index contributed by atoms with van der Waals surface area (Å²) < 4.78 is 0. The topological polar surface area (TPSA) is 58.5 Å². The van der Waals surface area contributed by atoms with Gasteiger partial charge in [-0.3, -0.25) is 9.59 Å². The number of allylic oxidation sites excluding steroid dienone is 3. The number of nitrogens with zero attached hydrogens (tertiary/aromatic N) is 1. The van der Waals surface area contributed by atoms with Crippen molar-refractivity contribution in [3.05, 3.63) is 35.1 Å². The van der Waals surface area contributed by atoms with Crippen LogP contribution in [0.3, 0.4) is 0 Å². The molecule has 1 heterocycles. The van der Waals surface area contributed by atoms with E-state index in [-0.39, 0.29) is 17.7 Å². The Labute approximate surface area is 119 Å². The molecule has 2 rings (SSSR count). The molecule has 1 aliphatic heterocycles. The molecule has 0 radical (unpaired) electrons. The first kappa shape index (κ1) is 14.4. The highest BCUT2D eigenvalue weighted by atomic mass is 16.2. The third kappa shape index (κ3) is 2.79. The normalized spacial score (nSPS) is 23.6. The monoisotopic (exact) mass is 272 g/mol. The Morgan fingerprint density at radius 3 is 2.80 bits per heavy atom. The van der Waals surface area contributed by atoms with Gasteiger partial charge in [-0.2, -0.15) is 0 Å². The number of rotatable bonds is 3. The minimum atomic E-state index is -0.119. The molecule has 2 amide bonds. The lowest BCUT2D eigenvalue weighted by Gasteiger charge is -2.29. The number of carbonyl (C=O) groups is 2. The number of hydrogen-bond donors (Lipinski definition) is 1. The second-order valence-electron chi connectivity index (χ2n) is 5.09. The largest absolute Gasteiger partial charge is 0.325 e. The van der Waals surface area contributed by atoms with E-state index in [1.54, 1.807) is 6.08 Å². The highest BCUT2D eigenvalue weighted by Gasteiger charge is 2.28. The molecule has 2 aliphatic rings. The van der Waals surface area contributed by atoms with Crippen LogP contribution in [-0.4, -0.2) is 17.5 Å². The molecular formula is C16H20N2O2. The van der Waals surface area contributed by atoms with Gasteiger partial charge in [0.05, 0.1) is 5.71 Å². The van der Waals surface area contributed by atoms with Gasteiger partial charge in [-0.05, 0) is 31.9 Å². The Bertz CT molecular complexity index is 565. The fraction of sp³-hybridized carbons (Fsp3) is 0.438. The zero-order valence-electron chi connectivity index (χ0n) is 12.2. The lowest BCUT2D eigenvalue weighted by Crippen LogP contribution is -2.36. The van der Waals surface area contributed by atoms with Gasteiger partial charge in [0.2, 0.25) is 5.91 Å². The van der Waals surface area contributed by atoms with Crippen LogP contribution in [0.4, 0.5) is 0 Å². The van der Waals surface area contributed by atoms with Crippen molar-refractivity contribution in [3.8, 4) is 0 Å². The van der Waals surface area contributed by atoms with E-state index in [9.17, 15) is 9.59 Å². The minimum absolute atomic E-state index is 0.0398. The van der Waals surface area contributed by atoms with Crippen molar-refractivity contribution in [2.45, 2.75) is 40.0 Å². The molecule has 0 aromatic carbocycles. The number of carbonyl (C=O) groups excluding carboxylic acids is 2. The Kier molecular flexibility index (Phi) is 4.32. The van der Waals surface area contributed by atoms with Crippen LogP contribution in [-0.2, 0) is 9.59 Å². The molecule has 0 saturated carbocycles. The molecule has 4 nitrogen and oxygen atoms in total. The number of fused-ring (bicyclic) bond motifs is 1. The summed E-state index contributed by atoms with van der Waals surface area (Å²) in [6.07, 6.45) is 7.62. The third-order valence-corrected chi connectivity index (χ3v) is 3.64. The van der Waals surface area contributed by atoms with E-state index in [0.717, 1.165) is 29.7 Å². The average molecular weight is 272 g/mol. The second-order valence-corrected chi connectivity index (χ2v) is 5.09. The summed E-state index contributed by atoms with van der Waals surface area (Å²) in [5.74, 6) is -0.0593. The molecule has 20 heavy (non-hydrogen) atoms. The summed E-state index contributed by atoms with van der Waals surface area (Å²) in [7, 11) is 0. The number of nitrogens with one attached hydrogen (secondary N) is 1. The van der Waals surface area contributed by atoms with Crippen molar-refractivity contribution in [3.63, 3.8) is 0 Å². The van der Waals surface area contributed by atoms with Gasteiger partial charge in [0.25, 0.3) is 5.91 Å². The molecule has 1 unspecified atom stereocenters. The van der Waals surface area contributed by atoms with Gasteiger partial charge in [-0.25, -0.2) is 4.99 Å². The first-order valence-corrected chi connectivity index (χ1v) is 7.09. The number of hydrogen-bond acceptors (Lipinski definition) is 2. The lowest BCUT2D eigenvalue weighted by molar-refractivity contribution is -0.118. The predicted octanol–water partition coefficient (Wildman–Crippen LogP) is 2.68. The van der Waals surface area contributed by atoms with E-state index in [2.05, 4.69) is 10.3 Å². The molecular weight excluding hydrogens is 252 g/mol. The second kappa shape index (κ2) is 5.99. The summed E-state index contributed by atoms with van der Waals surface area (Å²) in [4.78, 5) is 27.6. The molecule has 0 aromatic rings. The first-order valence-electron chi connectivity index (χ1n) is 7.09. The van der Waals surface area contributed by atoms with Crippen LogP contribution < -0.4 is 5.32 Å². The van der Waals surface area contributed by atoms with Crippen molar-refractivity contribution in [2.75, 3.05) is 0 Å². The van der Waals surface area contributed by atoms with E-state index >= 15 is 0 Å². The first-order chi connectivity index (χ1) is 9.56. The highest BCUT2D eigenvalue weighted by Crippen LogP contribution is 2.31. The summed E-state index contributed by atoms with van der Waals surface area (Å²) in [6, 6.07) is 0. The van der Waals surface area contributed by atoms with Gasteiger partial charge < -0.3 is 5.32 Å². The van der Waals surface area contributed by atoms with Gasteiger partial charge >= 0.3 is 0 Å². The maximum atomic E-state index is 12.0. The molecule has 4 heteroatoms. The molecule has 0 fully saturated rings. The zero-order valence-corrected chi connectivity index (χ0v) is 12.2. The van der Waals surface area contributed by atoms with Crippen LogP contribution in [0.25, 0.3) is 0 Å². The van der Waals surface area contributed by atoms with Gasteiger partial charge in [-0.15, -0.1) is 0 Å². The number of amides is 2. The molecule has 106 valence electrons. The Hall–Kier alpha value is -1.97. The highest BCUT2D eigenvalue weighted by molar-refractivity contribution is 6.11. The number of aliphatic imine (C=N–C) groups is 1. The van der Waals surface area contributed by atoms with Crippen LogP contribution in [0.5, 0.6) is 0 Å². The molecule has 0 aromatic heterocycles. The maximum Gasteiger partial charge on any atom is 0.251 e. The van der Waals surface area contributed by atoms with Gasteiger partial charge in [-0.1, -0.05) is 25.5 Å². The van der Waals surface area contributed by atoms with Crippen molar-refractivity contribution >= 4 is 17.5 Å². The Balaban J connectivity index is 2.28. The molecule has 0 spiro atoms. The summed E-state index contributed by atoms with van der Waals surface area (Å²) in [5.41, 5.74) is 3.36.